The fraction of sp³-hybridized carbons (Fsp3) is 0.190. The molecule has 0 N–H and O–H groups in total. The summed E-state index contributed by atoms with van der Waals surface area (Å²) in [5.41, 5.74) is 2.88. The Kier molecular flexibility index (Phi) is 6.16. The number of esters is 1. The van der Waals surface area contributed by atoms with Crippen LogP contribution in [0.1, 0.15) is 16.7 Å². The van der Waals surface area contributed by atoms with Crippen molar-refractivity contribution in [3.63, 3.8) is 0 Å². The zero-order chi connectivity index (χ0) is 20.1. The molecule has 28 heavy (non-hydrogen) atoms. The van der Waals surface area contributed by atoms with E-state index in [2.05, 4.69) is 4.74 Å². The molecule has 0 saturated carbocycles. The molecule has 2 amide bonds. The molecule has 6 nitrogen and oxygen atoms in total. The van der Waals surface area contributed by atoms with Crippen LogP contribution in [0.2, 0.25) is 0 Å². The number of hydrogen-bond donors (Lipinski definition) is 0. The molecule has 1 aliphatic rings. The standard InChI is InChI=1S/C21H19NO5S/c1-14-7-9-15(10-8-14)13-27-17-6-4-3-5-16(17)11-18-20(24)22(21(25)28-18)12-19(23)26-2/h3-11H,12-13H2,1-2H3. The van der Waals surface area contributed by atoms with E-state index in [1.54, 1.807) is 18.2 Å². The molecule has 1 aliphatic heterocycles. The van der Waals surface area contributed by atoms with Gasteiger partial charge in [-0.2, -0.15) is 0 Å². The Balaban J connectivity index is 1.77. The number of rotatable bonds is 6. The third-order valence-corrected chi connectivity index (χ3v) is 5.02. The number of methoxy groups -OCH3 is 1. The molecule has 0 atom stereocenters. The Bertz CT molecular complexity index is 936. The molecule has 1 fully saturated rings. The monoisotopic (exact) mass is 397 g/mol. The van der Waals surface area contributed by atoms with E-state index in [0.29, 0.717) is 17.9 Å². The first kappa shape index (κ1) is 19.7. The fourth-order valence-corrected chi connectivity index (χ4v) is 3.38. The van der Waals surface area contributed by atoms with Gasteiger partial charge in [-0.25, -0.2) is 0 Å². The zero-order valence-electron chi connectivity index (χ0n) is 15.5. The first-order chi connectivity index (χ1) is 13.5. The van der Waals surface area contributed by atoms with Crippen molar-refractivity contribution in [2.45, 2.75) is 13.5 Å². The van der Waals surface area contributed by atoms with Crippen LogP contribution in [0, 0.1) is 6.92 Å². The summed E-state index contributed by atoms with van der Waals surface area (Å²) in [4.78, 5) is 37.0. The smallest absolute Gasteiger partial charge is 0.325 e. The molecular formula is C21H19NO5S. The number of benzene rings is 2. The van der Waals surface area contributed by atoms with Crippen molar-refractivity contribution >= 4 is 35.0 Å². The van der Waals surface area contributed by atoms with Crippen LogP contribution >= 0.6 is 11.8 Å². The number of aryl methyl sites for hydroxylation is 1. The molecule has 7 heteroatoms. The summed E-state index contributed by atoms with van der Waals surface area (Å²) in [5, 5.41) is -0.500. The molecule has 144 valence electrons. The average molecular weight is 397 g/mol. The lowest BCUT2D eigenvalue weighted by atomic mass is 10.1. The molecule has 0 radical (unpaired) electrons. The van der Waals surface area contributed by atoms with Gasteiger partial charge in [-0.1, -0.05) is 48.0 Å². The van der Waals surface area contributed by atoms with Gasteiger partial charge in [-0.3, -0.25) is 19.3 Å². The second-order valence-corrected chi connectivity index (χ2v) is 7.15. The summed E-state index contributed by atoms with van der Waals surface area (Å²) < 4.78 is 10.4. The summed E-state index contributed by atoms with van der Waals surface area (Å²) in [6.07, 6.45) is 1.60. The Hall–Kier alpha value is -3.06. The minimum atomic E-state index is -0.648. The molecule has 1 saturated heterocycles. The Labute approximate surface area is 167 Å². The van der Waals surface area contributed by atoms with E-state index in [1.807, 2.05) is 43.3 Å². The molecule has 1 heterocycles. The summed E-state index contributed by atoms with van der Waals surface area (Å²) >= 11 is 0.789. The van der Waals surface area contributed by atoms with Gasteiger partial charge in [0.2, 0.25) is 0 Å². The second kappa shape index (κ2) is 8.75. The number of amides is 2. The maximum absolute atomic E-state index is 12.5. The van der Waals surface area contributed by atoms with Gasteiger partial charge in [-0.15, -0.1) is 0 Å². The molecule has 3 rings (SSSR count). The first-order valence-corrected chi connectivity index (χ1v) is 9.39. The van der Waals surface area contributed by atoms with E-state index in [0.717, 1.165) is 22.2 Å². The number of carbonyl (C=O) groups excluding carboxylic acids is 3. The Morgan fingerprint density at radius 1 is 1.11 bits per heavy atom. The van der Waals surface area contributed by atoms with E-state index >= 15 is 0 Å². The lowest BCUT2D eigenvalue weighted by Gasteiger charge is -2.11. The van der Waals surface area contributed by atoms with Crippen LogP contribution in [0.15, 0.2) is 53.4 Å². The first-order valence-electron chi connectivity index (χ1n) is 8.57. The van der Waals surface area contributed by atoms with Gasteiger partial charge in [0, 0.05) is 5.56 Å². The van der Waals surface area contributed by atoms with Crippen LogP contribution in [0.5, 0.6) is 5.75 Å². The minimum Gasteiger partial charge on any atom is -0.488 e. The van der Waals surface area contributed by atoms with E-state index in [9.17, 15) is 14.4 Å². The highest BCUT2D eigenvalue weighted by atomic mass is 32.2. The van der Waals surface area contributed by atoms with E-state index in [4.69, 9.17) is 4.74 Å². The van der Waals surface area contributed by atoms with Crippen LogP contribution in [-0.4, -0.2) is 35.7 Å². The number of thioether (sulfide) groups is 1. The largest absolute Gasteiger partial charge is 0.488 e. The summed E-state index contributed by atoms with van der Waals surface area (Å²) in [7, 11) is 1.21. The molecule has 2 aromatic rings. The van der Waals surface area contributed by atoms with Gasteiger partial charge < -0.3 is 9.47 Å². The second-order valence-electron chi connectivity index (χ2n) is 6.16. The number of hydrogen-bond acceptors (Lipinski definition) is 6. The number of carbonyl (C=O) groups is 3. The Morgan fingerprint density at radius 3 is 2.54 bits per heavy atom. The van der Waals surface area contributed by atoms with Crippen molar-refractivity contribution in [3.05, 3.63) is 70.1 Å². The number of ether oxygens (including phenoxy) is 2. The summed E-state index contributed by atoms with van der Waals surface area (Å²) in [6, 6.07) is 15.3. The van der Waals surface area contributed by atoms with Gasteiger partial charge in [0.1, 0.15) is 18.9 Å². The van der Waals surface area contributed by atoms with Crippen LogP contribution in [0.25, 0.3) is 6.08 Å². The predicted molar refractivity (Wildman–Crippen MR) is 107 cm³/mol. The fourth-order valence-electron chi connectivity index (χ4n) is 2.55. The summed E-state index contributed by atoms with van der Waals surface area (Å²) in [6.45, 7) is 2.01. The normalized spacial score (nSPS) is 15.2. The van der Waals surface area contributed by atoms with Crippen LogP contribution < -0.4 is 4.74 Å². The number of para-hydroxylation sites is 1. The van der Waals surface area contributed by atoms with Crippen LogP contribution in [-0.2, 0) is 20.9 Å². The van der Waals surface area contributed by atoms with Gasteiger partial charge in [0.15, 0.2) is 0 Å². The third kappa shape index (κ3) is 4.61. The maximum Gasteiger partial charge on any atom is 0.325 e. The highest BCUT2D eigenvalue weighted by Gasteiger charge is 2.36. The topological polar surface area (TPSA) is 72.9 Å². The molecule has 2 aromatic carbocycles. The van der Waals surface area contributed by atoms with Gasteiger partial charge >= 0.3 is 5.97 Å². The van der Waals surface area contributed by atoms with Crippen molar-refractivity contribution in [1.29, 1.82) is 0 Å². The molecule has 0 aliphatic carbocycles. The lowest BCUT2D eigenvalue weighted by molar-refractivity contribution is -0.143. The van der Waals surface area contributed by atoms with Crippen LogP contribution in [0.3, 0.4) is 0 Å². The van der Waals surface area contributed by atoms with Crippen molar-refractivity contribution in [2.24, 2.45) is 0 Å². The number of imide groups is 1. The molecular weight excluding hydrogens is 378 g/mol. The van der Waals surface area contributed by atoms with Crippen molar-refractivity contribution in [1.82, 2.24) is 4.90 Å². The van der Waals surface area contributed by atoms with Crippen molar-refractivity contribution in [3.8, 4) is 5.75 Å². The predicted octanol–water partition coefficient (Wildman–Crippen LogP) is 3.78. The Morgan fingerprint density at radius 2 is 1.82 bits per heavy atom. The molecule has 0 spiro atoms. The average Bonchev–Trinajstić information content (AvgIpc) is 2.95. The van der Waals surface area contributed by atoms with E-state index in [1.165, 1.54) is 12.7 Å². The zero-order valence-corrected chi connectivity index (χ0v) is 16.3. The maximum atomic E-state index is 12.5. The van der Waals surface area contributed by atoms with Gasteiger partial charge in [-0.05, 0) is 36.4 Å². The SMILES string of the molecule is COC(=O)CN1C(=O)SC(=Cc2ccccc2OCc2ccc(C)cc2)C1=O. The summed E-state index contributed by atoms with van der Waals surface area (Å²) in [5.74, 6) is -0.568. The van der Waals surface area contributed by atoms with E-state index < -0.39 is 23.7 Å². The van der Waals surface area contributed by atoms with Crippen molar-refractivity contribution in [2.75, 3.05) is 13.7 Å². The van der Waals surface area contributed by atoms with Gasteiger partial charge in [0.05, 0.1) is 12.0 Å². The quantitative estimate of drug-likeness (QED) is 0.546. The minimum absolute atomic E-state index is 0.236. The lowest BCUT2D eigenvalue weighted by Crippen LogP contribution is -2.34. The van der Waals surface area contributed by atoms with Crippen molar-refractivity contribution < 1.29 is 23.9 Å². The molecule has 0 unspecified atom stereocenters. The highest BCUT2D eigenvalue weighted by Crippen LogP contribution is 2.34. The highest BCUT2D eigenvalue weighted by molar-refractivity contribution is 8.18. The van der Waals surface area contributed by atoms with Crippen LogP contribution in [0.4, 0.5) is 4.79 Å². The number of nitrogens with zero attached hydrogens (tertiary/aromatic N) is 1. The van der Waals surface area contributed by atoms with Gasteiger partial charge in [0.25, 0.3) is 11.1 Å². The van der Waals surface area contributed by atoms with E-state index in [-0.39, 0.29) is 4.91 Å². The molecule has 0 bridgehead atoms. The molecule has 0 aromatic heterocycles. The third-order valence-electron chi connectivity index (χ3n) is 4.11.